The van der Waals surface area contributed by atoms with Crippen LogP contribution >= 0.6 is 11.6 Å². The third-order valence-electron chi connectivity index (χ3n) is 8.84. The maximum Gasteiger partial charge on any atom is 0.312 e. The molecule has 2 aromatic heterocycles. The van der Waals surface area contributed by atoms with Crippen molar-refractivity contribution < 1.29 is 33.0 Å². The first kappa shape index (κ1) is 37.3. The van der Waals surface area contributed by atoms with Gasteiger partial charge in [0, 0.05) is 33.6 Å². The lowest BCUT2D eigenvalue weighted by atomic mass is 9.97. The molecule has 0 aliphatic carbocycles. The Labute approximate surface area is 309 Å². The first-order chi connectivity index (χ1) is 25.2. The van der Waals surface area contributed by atoms with Gasteiger partial charge in [-0.15, -0.1) is 0 Å². The minimum Gasteiger partial charge on any atom is -0.443 e. The highest BCUT2D eigenvalue weighted by molar-refractivity contribution is 6.33. The standard InChI is InChI=1S/C38H38ClF2N7O5/c1-22(49)35-28-15-24(47(25-16-42-20-43-17-25)21-53-37(52)38(2,3)4)12-13-31(28)48(45-35)19-33(50)46-18-23(40)14-32(46)36(51)44-30-11-7-9-27(34(30)41)26-8-5-6-10-29(26)39/h5-13,15-17,20,22-23,32,49H,14,18-19,21H2,1-4H3,(H,44,51)/t22?,23-,32+/m1/s1. The van der Waals surface area contributed by atoms with Gasteiger partial charge in [0.1, 0.15) is 25.1 Å². The highest BCUT2D eigenvalue weighted by Gasteiger charge is 2.40. The molecule has 2 amide bonds. The van der Waals surface area contributed by atoms with Crippen molar-refractivity contribution in [3.05, 3.63) is 95.9 Å². The number of aromatic nitrogens is 4. The van der Waals surface area contributed by atoms with Crippen molar-refractivity contribution in [3.63, 3.8) is 0 Å². The normalized spacial score (nSPS) is 16.4. The maximum absolute atomic E-state index is 15.6. The highest BCUT2D eigenvalue weighted by Crippen LogP contribution is 2.35. The van der Waals surface area contributed by atoms with Crippen molar-refractivity contribution in [3.8, 4) is 11.1 Å². The molecule has 15 heteroatoms. The number of benzene rings is 3. The number of carbonyl (C=O) groups is 3. The molecule has 5 aromatic rings. The first-order valence-electron chi connectivity index (χ1n) is 16.9. The Bertz CT molecular complexity index is 2160. The highest BCUT2D eigenvalue weighted by atomic mass is 35.5. The summed E-state index contributed by atoms with van der Waals surface area (Å²) in [6.45, 7) is 5.88. The molecule has 6 rings (SSSR count). The minimum atomic E-state index is -1.49. The van der Waals surface area contributed by atoms with Crippen LogP contribution in [-0.4, -0.2) is 73.0 Å². The van der Waals surface area contributed by atoms with E-state index in [0.717, 1.165) is 4.90 Å². The van der Waals surface area contributed by atoms with Crippen LogP contribution in [-0.2, 0) is 25.7 Å². The van der Waals surface area contributed by atoms with Crippen molar-refractivity contribution in [2.75, 3.05) is 23.5 Å². The van der Waals surface area contributed by atoms with E-state index in [9.17, 15) is 23.9 Å². The van der Waals surface area contributed by atoms with Crippen molar-refractivity contribution >= 4 is 57.3 Å². The Kier molecular flexibility index (Phi) is 10.7. The zero-order valence-electron chi connectivity index (χ0n) is 29.5. The third kappa shape index (κ3) is 7.98. The first-order valence-corrected chi connectivity index (χ1v) is 17.3. The van der Waals surface area contributed by atoms with Crippen LogP contribution in [0.3, 0.4) is 0 Å². The monoisotopic (exact) mass is 745 g/mol. The van der Waals surface area contributed by atoms with Crippen molar-refractivity contribution in [1.29, 1.82) is 0 Å². The Morgan fingerprint density at radius 1 is 1.06 bits per heavy atom. The number of hydrogen-bond acceptors (Lipinski definition) is 9. The molecule has 1 fully saturated rings. The molecule has 3 aromatic carbocycles. The van der Waals surface area contributed by atoms with Gasteiger partial charge in [0.2, 0.25) is 11.8 Å². The molecule has 1 unspecified atom stereocenters. The number of alkyl halides is 1. The summed E-state index contributed by atoms with van der Waals surface area (Å²) in [7, 11) is 0. The van der Waals surface area contributed by atoms with E-state index < -0.39 is 47.3 Å². The van der Waals surface area contributed by atoms with Crippen molar-refractivity contribution in [2.24, 2.45) is 5.41 Å². The fraction of sp³-hybridized carbons (Fsp3) is 0.316. The number of carbonyl (C=O) groups excluding carboxylic acids is 3. The topological polar surface area (TPSA) is 143 Å². The number of anilines is 3. The Hall–Kier alpha value is -5.47. The fourth-order valence-corrected chi connectivity index (χ4v) is 6.36. The lowest BCUT2D eigenvalue weighted by Gasteiger charge is -2.26. The van der Waals surface area contributed by atoms with Gasteiger partial charge < -0.3 is 25.0 Å². The number of esters is 1. The van der Waals surface area contributed by atoms with Gasteiger partial charge in [-0.25, -0.2) is 18.7 Å². The molecule has 1 aliphatic rings. The number of aliphatic hydroxyl groups is 1. The van der Waals surface area contributed by atoms with Crippen molar-refractivity contribution in [2.45, 2.75) is 59.0 Å². The third-order valence-corrected chi connectivity index (χ3v) is 9.17. The molecular weight excluding hydrogens is 708 g/mol. The Balaban J connectivity index is 1.25. The summed E-state index contributed by atoms with van der Waals surface area (Å²) in [6, 6.07) is 15.1. The predicted octanol–water partition coefficient (Wildman–Crippen LogP) is 6.60. The molecule has 276 valence electrons. The molecule has 2 N–H and O–H groups in total. The average molecular weight is 746 g/mol. The SMILES string of the molecule is CC(O)c1nn(CC(=O)N2C[C@H](F)C[C@H]2C(=O)Nc2cccc(-c3ccccc3Cl)c2F)c2ccc(N(COC(=O)C(C)(C)C)c3cncnc3)cc12. The summed E-state index contributed by atoms with van der Waals surface area (Å²) < 4.78 is 37.5. The van der Waals surface area contributed by atoms with Crippen molar-refractivity contribution in [1.82, 2.24) is 24.6 Å². The number of rotatable bonds is 10. The van der Waals surface area contributed by atoms with Gasteiger partial charge in [-0.05, 0) is 58.0 Å². The summed E-state index contributed by atoms with van der Waals surface area (Å²) in [4.78, 5) is 50.9. The van der Waals surface area contributed by atoms with Gasteiger partial charge >= 0.3 is 5.97 Å². The summed E-state index contributed by atoms with van der Waals surface area (Å²) in [5.41, 5.74) is 1.55. The second-order valence-corrected chi connectivity index (χ2v) is 14.2. The molecule has 3 atom stereocenters. The number of amides is 2. The number of aliphatic hydroxyl groups excluding tert-OH is 1. The fourth-order valence-electron chi connectivity index (χ4n) is 6.12. The van der Waals surface area contributed by atoms with Crippen LogP contribution in [0.1, 0.15) is 45.9 Å². The number of hydrogen-bond donors (Lipinski definition) is 2. The lowest BCUT2D eigenvalue weighted by molar-refractivity contribution is -0.152. The number of likely N-dealkylation sites (tertiary alicyclic amines) is 1. The van der Waals surface area contributed by atoms with Gasteiger partial charge in [-0.3, -0.25) is 19.1 Å². The van der Waals surface area contributed by atoms with Gasteiger partial charge in [-0.1, -0.05) is 41.9 Å². The second kappa shape index (κ2) is 15.2. The maximum atomic E-state index is 15.6. The van der Waals surface area contributed by atoms with Gasteiger partial charge in [0.15, 0.2) is 12.5 Å². The number of nitrogens with one attached hydrogen (secondary N) is 1. The number of nitrogens with zero attached hydrogens (tertiary/aromatic N) is 6. The smallest absolute Gasteiger partial charge is 0.312 e. The van der Waals surface area contributed by atoms with Gasteiger partial charge in [0.25, 0.3) is 0 Å². The van der Waals surface area contributed by atoms with E-state index in [4.69, 9.17) is 16.3 Å². The quantitative estimate of drug-likeness (QED) is 0.119. The van der Waals surface area contributed by atoms with Crippen LogP contribution in [0, 0.1) is 11.2 Å². The molecule has 0 bridgehead atoms. The zero-order valence-corrected chi connectivity index (χ0v) is 30.2. The average Bonchev–Trinajstić information content (AvgIpc) is 3.70. The summed E-state index contributed by atoms with van der Waals surface area (Å²) >= 11 is 6.28. The molecule has 1 saturated heterocycles. The minimum absolute atomic E-state index is 0.137. The van der Waals surface area contributed by atoms with Crippen LogP contribution < -0.4 is 10.2 Å². The van der Waals surface area contributed by atoms with Gasteiger partial charge in [-0.2, -0.15) is 5.10 Å². The molecule has 3 heterocycles. The van der Waals surface area contributed by atoms with Gasteiger partial charge in [0.05, 0.1) is 53.0 Å². The molecule has 0 radical (unpaired) electrons. The van der Waals surface area contributed by atoms with Crippen LogP contribution in [0.5, 0.6) is 0 Å². The van der Waals surface area contributed by atoms with E-state index in [1.807, 2.05) is 0 Å². The molecule has 12 nitrogen and oxygen atoms in total. The summed E-state index contributed by atoms with van der Waals surface area (Å²) in [5.74, 6) is -2.49. The van der Waals surface area contributed by atoms with Crippen LogP contribution in [0.4, 0.5) is 25.8 Å². The largest absolute Gasteiger partial charge is 0.443 e. The van der Waals surface area contributed by atoms with E-state index in [1.165, 1.54) is 30.1 Å². The number of fused-ring (bicyclic) bond motifs is 1. The predicted molar refractivity (Wildman–Crippen MR) is 195 cm³/mol. The second-order valence-electron chi connectivity index (χ2n) is 13.8. The summed E-state index contributed by atoms with van der Waals surface area (Å²) in [5, 5.41) is 18.6. The van der Waals surface area contributed by atoms with E-state index >= 15 is 4.39 Å². The van der Waals surface area contributed by atoms with E-state index in [1.54, 1.807) is 86.6 Å². The molecule has 0 spiro atoms. The summed E-state index contributed by atoms with van der Waals surface area (Å²) in [6.07, 6.45) is 1.68. The van der Waals surface area contributed by atoms with E-state index in [2.05, 4.69) is 20.4 Å². The zero-order chi connectivity index (χ0) is 38.0. The molecule has 53 heavy (non-hydrogen) atoms. The molecule has 0 saturated carbocycles. The van der Waals surface area contributed by atoms with Crippen LogP contribution in [0.15, 0.2) is 79.4 Å². The van der Waals surface area contributed by atoms with E-state index in [-0.39, 0.29) is 43.2 Å². The number of ether oxygens (including phenoxy) is 1. The Morgan fingerprint density at radius 3 is 2.47 bits per heavy atom. The molecular formula is C38H38ClF2N7O5. The number of halogens is 3. The lowest BCUT2D eigenvalue weighted by Crippen LogP contribution is -2.44. The van der Waals surface area contributed by atoms with Crippen LogP contribution in [0.2, 0.25) is 5.02 Å². The molecule has 1 aliphatic heterocycles. The van der Waals surface area contributed by atoms with Crippen LogP contribution in [0.25, 0.3) is 22.0 Å². The van der Waals surface area contributed by atoms with E-state index in [0.29, 0.717) is 32.9 Å². The Morgan fingerprint density at radius 2 is 1.77 bits per heavy atom.